The second-order valence-electron chi connectivity index (χ2n) is 4.76. The van der Waals surface area contributed by atoms with Gasteiger partial charge in [-0.2, -0.15) is 0 Å². The zero-order valence-electron chi connectivity index (χ0n) is 9.94. The number of nitrogen functional groups attached to an aromatic ring is 1. The highest BCUT2D eigenvalue weighted by molar-refractivity contribution is 6.30. The van der Waals surface area contributed by atoms with Crippen LogP contribution in [0.1, 0.15) is 18.5 Å². The van der Waals surface area contributed by atoms with Gasteiger partial charge in [-0.15, -0.1) is 0 Å². The Morgan fingerprint density at radius 1 is 1.22 bits per heavy atom. The first-order chi connectivity index (χ1) is 8.70. The van der Waals surface area contributed by atoms with Crippen molar-refractivity contribution < 1.29 is 0 Å². The molecule has 1 aromatic heterocycles. The normalized spacial score (nSPS) is 14.7. The number of hydrogen-bond donors (Lipinski definition) is 1. The van der Waals surface area contributed by atoms with Gasteiger partial charge in [0.1, 0.15) is 0 Å². The Morgan fingerprint density at radius 2 is 2.06 bits per heavy atom. The first kappa shape index (κ1) is 11.5. The Balaban J connectivity index is 1.97. The van der Waals surface area contributed by atoms with Gasteiger partial charge in [-0.05, 0) is 43.4 Å². The molecule has 0 radical (unpaired) electrons. The summed E-state index contributed by atoms with van der Waals surface area (Å²) in [6, 6.07) is 9.65. The molecule has 0 amide bonds. The second kappa shape index (κ2) is 4.58. The summed E-state index contributed by atoms with van der Waals surface area (Å²) in [6.07, 6.45) is 3.60. The molecule has 1 aliphatic rings. The van der Waals surface area contributed by atoms with Crippen LogP contribution in [0.5, 0.6) is 0 Å². The van der Waals surface area contributed by atoms with Gasteiger partial charge in [-0.25, -0.2) is 9.97 Å². The Morgan fingerprint density at radius 3 is 2.78 bits per heavy atom. The van der Waals surface area contributed by atoms with Crippen molar-refractivity contribution >= 4 is 17.5 Å². The van der Waals surface area contributed by atoms with E-state index in [1.54, 1.807) is 0 Å². The van der Waals surface area contributed by atoms with Crippen molar-refractivity contribution in [1.29, 1.82) is 0 Å². The summed E-state index contributed by atoms with van der Waals surface area (Å²) >= 11 is 5.99. The van der Waals surface area contributed by atoms with Crippen LogP contribution in [0.2, 0.25) is 5.02 Å². The number of rotatable bonds is 3. The molecule has 18 heavy (non-hydrogen) atoms. The monoisotopic (exact) mass is 259 g/mol. The molecule has 0 unspecified atom stereocenters. The molecule has 3 nitrogen and oxygen atoms in total. The smallest absolute Gasteiger partial charge is 0.220 e. The number of nitrogens with two attached hydrogens (primary N) is 1. The van der Waals surface area contributed by atoms with E-state index in [2.05, 4.69) is 9.97 Å². The van der Waals surface area contributed by atoms with Crippen molar-refractivity contribution in [3.05, 3.63) is 41.0 Å². The SMILES string of the molecule is Nc1nc(CC2CC2)cc(-c2cccc(Cl)c2)n1. The van der Waals surface area contributed by atoms with E-state index >= 15 is 0 Å². The number of anilines is 1. The average molecular weight is 260 g/mol. The van der Waals surface area contributed by atoms with Crippen LogP contribution in [-0.4, -0.2) is 9.97 Å². The summed E-state index contributed by atoms with van der Waals surface area (Å²) in [5.41, 5.74) is 8.63. The third-order valence-electron chi connectivity index (χ3n) is 3.11. The lowest BCUT2D eigenvalue weighted by Crippen LogP contribution is -2.01. The zero-order valence-corrected chi connectivity index (χ0v) is 10.7. The molecule has 0 saturated heterocycles. The highest BCUT2D eigenvalue weighted by Gasteiger charge is 2.22. The molecular formula is C14H14ClN3. The van der Waals surface area contributed by atoms with E-state index in [-0.39, 0.29) is 0 Å². The van der Waals surface area contributed by atoms with Crippen LogP contribution in [0, 0.1) is 5.92 Å². The Bertz CT molecular complexity index is 579. The first-order valence-electron chi connectivity index (χ1n) is 6.10. The maximum absolute atomic E-state index is 5.99. The van der Waals surface area contributed by atoms with E-state index in [0.717, 1.165) is 29.3 Å². The van der Waals surface area contributed by atoms with E-state index in [0.29, 0.717) is 11.0 Å². The molecule has 1 aliphatic carbocycles. The van der Waals surface area contributed by atoms with Gasteiger partial charge in [0.25, 0.3) is 0 Å². The molecule has 1 aromatic carbocycles. The highest BCUT2D eigenvalue weighted by Crippen LogP contribution is 2.33. The summed E-state index contributed by atoms with van der Waals surface area (Å²) in [5.74, 6) is 1.12. The molecule has 3 rings (SSSR count). The third kappa shape index (κ3) is 2.62. The minimum atomic E-state index is 0.336. The van der Waals surface area contributed by atoms with Crippen molar-refractivity contribution in [2.45, 2.75) is 19.3 Å². The fourth-order valence-corrected chi connectivity index (χ4v) is 2.23. The zero-order chi connectivity index (χ0) is 12.5. The van der Waals surface area contributed by atoms with Crippen molar-refractivity contribution in [1.82, 2.24) is 9.97 Å². The Kier molecular flexibility index (Phi) is 2.92. The van der Waals surface area contributed by atoms with E-state index in [1.165, 1.54) is 12.8 Å². The number of benzene rings is 1. The number of nitrogens with zero attached hydrogens (tertiary/aromatic N) is 2. The van der Waals surface area contributed by atoms with E-state index in [9.17, 15) is 0 Å². The summed E-state index contributed by atoms with van der Waals surface area (Å²) in [4.78, 5) is 8.58. The second-order valence-corrected chi connectivity index (χ2v) is 5.20. The molecule has 2 N–H and O–H groups in total. The van der Waals surface area contributed by atoms with E-state index in [4.69, 9.17) is 17.3 Å². The van der Waals surface area contributed by atoms with Crippen LogP contribution < -0.4 is 5.73 Å². The van der Waals surface area contributed by atoms with E-state index < -0.39 is 0 Å². The Labute approximate surface area is 111 Å². The number of halogens is 1. The predicted molar refractivity (Wildman–Crippen MR) is 73.3 cm³/mol. The Hall–Kier alpha value is -1.61. The lowest BCUT2D eigenvalue weighted by molar-refractivity contribution is 0.802. The molecule has 4 heteroatoms. The van der Waals surface area contributed by atoms with Crippen molar-refractivity contribution in [2.75, 3.05) is 5.73 Å². The molecular weight excluding hydrogens is 246 g/mol. The average Bonchev–Trinajstić information content (AvgIpc) is 3.12. The molecule has 92 valence electrons. The van der Waals surface area contributed by atoms with Gasteiger partial charge >= 0.3 is 0 Å². The minimum Gasteiger partial charge on any atom is -0.368 e. The third-order valence-corrected chi connectivity index (χ3v) is 3.35. The molecule has 1 fully saturated rings. The van der Waals surface area contributed by atoms with Gasteiger partial charge < -0.3 is 5.73 Å². The van der Waals surface area contributed by atoms with Gasteiger partial charge in [-0.1, -0.05) is 23.7 Å². The van der Waals surface area contributed by atoms with Crippen molar-refractivity contribution in [3.63, 3.8) is 0 Å². The fraction of sp³-hybridized carbons (Fsp3) is 0.286. The van der Waals surface area contributed by atoms with Crippen molar-refractivity contribution in [2.24, 2.45) is 5.92 Å². The van der Waals surface area contributed by atoms with Crippen LogP contribution in [0.4, 0.5) is 5.95 Å². The van der Waals surface area contributed by atoms with Gasteiger partial charge in [0, 0.05) is 16.3 Å². The van der Waals surface area contributed by atoms with Crippen molar-refractivity contribution in [3.8, 4) is 11.3 Å². The molecule has 0 spiro atoms. The van der Waals surface area contributed by atoms with Gasteiger partial charge in [-0.3, -0.25) is 0 Å². The van der Waals surface area contributed by atoms with Crippen LogP contribution in [0.25, 0.3) is 11.3 Å². The number of hydrogen-bond acceptors (Lipinski definition) is 3. The summed E-state index contributed by atoms with van der Waals surface area (Å²) in [6.45, 7) is 0. The predicted octanol–water partition coefficient (Wildman–Crippen LogP) is 3.33. The molecule has 0 aliphatic heterocycles. The van der Waals surface area contributed by atoms with E-state index in [1.807, 2.05) is 30.3 Å². The van der Waals surface area contributed by atoms with Gasteiger partial charge in [0.15, 0.2) is 0 Å². The first-order valence-corrected chi connectivity index (χ1v) is 6.48. The summed E-state index contributed by atoms with van der Waals surface area (Å²) in [5, 5.41) is 0.702. The quantitative estimate of drug-likeness (QED) is 0.920. The molecule has 2 aromatic rings. The fourth-order valence-electron chi connectivity index (χ4n) is 2.04. The standard InChI is InChI=1S/C14H14ClN3/c15-11-3-1-2-10(7-11)13-8-12(6-9-4-5-9)17-14(16)18-13/h1-3,7-9H,4-6H2,(H2,16,17,18). The maximum Gasteiger partial charge on any atom is 0.220 e. The van der Waals surface area contributed by atoms with Crippen LogP contribution in [0.15, 0.2) is 30.3 Å². The van der Waals surface area contributed by atoms with Gasteiger partial charge in [0.05, 0.1) is 5.69 Å². The molecule has 1 saturated carbocycles. The van der Waals surface area contributed by atoms with Gasteiger partial charge in [0.2, 0.25) is 5.95 Å². The highest BCUT2D eigenvalue weighted by atomic mass is 35.5. The molecule has 0 bridgehead atoms. The van der Waals surface area contributed by atoms with Crippen LogP contribution in [-0.2, 0) is 6.42 Å². The number of aromatic nitrogens is 2. The van der Waals surface area contributed by atoms with Crippen LogP contribution in [0.3, 0.4) is 0 Å². The molecule has 1 heterocycles. The lowest BCUT2D eigenvalue weighted by Gasteiger charge is -2.06. The van der Waals surface area contributed by atoms with Crippen LogP contribution >= 0.6 is 11.6 Å². The molecule has 0 atom stereocenters. The minimum absolute atomic E-state index is 0.336. The summed E-state index contributed by atoms with van der Waals surface area (Å²) < 4.78 is 0. The maximum atomic E-state index is 5.99. The lowest BCUT2D eigenvalue weighted by atomic mass is 10.1. The topological polar surface area (TPSA) is 51.8 Å². The largest absolute Gasteiger partial charge is 0.368 e. The summed E-state index contributed by atoms with van der Waals surface area (Å²) in [7, 11) is 0.